The number of fused-ring (bicyclic) bond motifs is 1. The number of Topliss-reactive ketones (excluding diaryl/α,β-unsaturated/α-hetero) is 1. The van der Waals surface area contributed by atoms with E-state index in [2.05, 4.69) is 20.3 Å². The second-order valence-electron chi connectivity index (χ2n) is 8.61. The van der Waals surface area contributed by atoms with Crippen molar-refractivity contribution >= 4 is 34.8 Å². The number of aliphatic hydroxyl groups is 1. The van der Waals surface area contributed by atoms with Crippen LogP contribution in [-0.4, -0.2) is 87.5 Å². The summed E-state index contributed by atoms with van der Waals surface area (Å²) in [5.41, 5.74) is -0.513. The van der Waals surface area contributed by atoms with Crippen molar-refractivity contribution in [1.29, 1.82) is 0 Å². The highest BCUT2D eigenvalue weighted by molar-refractivity contribution is 5.91. The van der Waals surface area contributed by atoms with Gasteiger partial charge < -0.3 is 28.8 Å². The lowest BCUT2D eigenvalue weighted by atomic mass is 10.1. The monoisotopic (exact) mass is 509 g/mol. The van der Waals surface area contributed by atoms with E-state index in [9.17, 15) is 24.3 Å². The Morgan fingerprint density at radius 3 is 2.64 bits per heavy atom. The van der Waals surface area contributed by atoms with Crippen molar-refractivity contribution in [2.24, 2.45) is 5.92 Å². The van der Waals surface area contributed by atoms with Gasteiger partial charge in [-0.2, -0.15) is 4.98 Å². The summed E-state index contributed by atoms with van der Waals surface area (Å²) in [5, 5.41) is 12.5. The van der Waals surface area contributed by atoms with Gasteiger partial charge in [0, 0.05) is 19.4 Å². The van der Waals surface area contributed by atoms with Gasteiger partial charge in [-0.25, -0.2) is 4.98 Å². The topological polar surface area (TPSA) is 184 Å². The van der Waals surface area contributed by atoms with Gasteiger partial charge in [-0.1, -0.05) is 13.8 Å². The Labute approximate surface area is 206 Å². The number of imidazole rings is 1. The van der Waals surface area contributed by atoms with Gasteiger partial charge >= 0.3 is 5.97 Å². The summed E-state index contributed by atoms with van der Waals surface area (Å²) in [5.74, 6) is -1.59. The zero-order valence-electron chi connectivity index (χ0n) is 20.6. The van der Waals surface area contributed by atoms with E-state index in [4.69, 9.17) is 18.9 Å². The SMILES string of the molecule is COCCO[C@@H]1[C@H](OC(=O)CCC(C)=O)[C@@H](CO)O[C@H]1n1cnc2c(=O)[nH]c(NC(=O)C(C)C)nc21. The predicted octanol–water partition coefficient (Wildman–Crippen LogP) is -0.0836. The van der Waals surface area contributed by atoms with Gasteiger partial charge in [-0.3, -0.25) is 29.3 Å². The Morgan fingerprint density at radius 1 is 1.25 bits per heavy atom. The van der Waals surface area contributed by atoms with Gasteiger partial charge in [0.1, 0.15) is 18.0 Å². The van der Waals surface area contributed by atoms with Crippen LogP contribution in [-0.2, 0) is 33.3 Å². The minimum Gasteiger partial charge on any atom is -0.456 e. The van der Waals surface area contributed by atoms with Crippen molar-refractivity contribution < 1.29 is 38.4 Å². The second-order valence-corrected chi connectivity index (χ2v) is 8.61. The van der Waals surface area contributed by atoms with E-state index < -0.39 is 42.7 Å². The average Bonchev–Trinajstić information content (AvgIpc) is 3.39. The Hall–Kier alpha value is -3.20. The van der Waals surface area contributed by atoms with Gasteiger partial charge in [-0.05, 0) is 6.92 Å². The van der Waals surface area contributed by atoms with E-state index in [1.54, 1.807) is 13.8 Å². The molecule has 0 saturated carbocycles. The van der Waals surface area contributed by atoms with E-state index in [-0.39, 0.29) is 60.8 Å². The van der Waals surface area contributed by atoms with E-state index in [1.165, 1.54) is 24.9 Å². The van der Waals surface area contributed by atoms with Crippen LogP contribution in [0.25, 0.3) is 11.2 Å². The number of rotatable bonds is 12. The fourth-order valence-corrected chi connectivity index (χ4v) is 3.59. The molecule has 0 aromatic carbocycles. The van der Waals surface area contributed by atoms with E-state index in [0.717, 1.165) is 0 Å². The Balaban J connectivity index is 1.96. The lowest BCUT2D eigenvalue weighted by molar-refractivity contribution is -0.159. The van der Waals surface area contributed by atoms with Gasteiger partial charge in [0.05, 0.1) is 32.6 Å². The molecule has 1 aliphatic rings. The predicted molar refractivity (Wildman–Crippen MR) is 124 cm³/mol. The smallest absolute Gasteiger partial charge is 0.306 e. The van der Waals surface area contributed by atoms with Crippen LogP contribution in [0.3, 0.4) is 0 Å². The molecule has 0 aliphatic carbocycles. The van der Waals surface area contributed by atoms with Crippen molar-refractivity contribution in [3.8, 4) is 0 Å². The summed E-state index contributed by atoms with van der Waals surface area (Å²) in [4.78, 5) is 59.2. The zero-order valence-corrected chi connectivity index (χ0v) is 20.6. The minimum absolute atomic E-state index is 0.0125. The fourth-order valence-electron chi connectivity index (χ4n) is 3.59. The number of aromatic amines is 1. The number of carbonyl (C=O) groups excluding carboxylic acids is 3. The van der Waals surface area contributed by atoms with Crippen LogP contribution in [0.15, 0.2) is 11.1 Å². The molecule has 14 heteroatoms. The van der Waals surface area contributed by atoms with Crippen LogP contribution in [0.4, 0.5) is 5.95 Å². The summed E-state index contributed by atoms with van der Waals surface area (Å²) in [7, 11) is 1.49. The molecule has 0 spiro atoms. The number of ether oxygens (including phenoxy) is 4. The number of amides is 1. The molecule has 198 valence electrons. The summed E-state index contributed by atoms with van der Waals surface area (Å²) >= 11 is 0. The number of hydrogen-bond donors (Lipinski definition) is 3. The van der Waals surface area contributed by atoms with Gasteiger partial charge in [0.15, 0.2) is 23.5 Å². The van der Waals surface area contributed by atoms with Crippen molar-refractivity contribution in [2.45, 2.75) is 58.2 Å². The summed E-state index contributed by atoms with van der Waals surface area (Å²) < 4.78 is 23.9. The van der Waals surface area contributed by atoms with Crippen molar-refractivity contribution in [3.63, 3.8) is 0 Å². The number of nitrogens with one attached hydrogen (secondary N) is 2. The summed E-state index contributed by atoms with van der Waals surface area (Å²) in [6.45, 7) is 4.59. The molecule has 4 atom stereocenters. The van der Waals surface area contributed by atoms with E-state index in [0.29, 0.717) is 0 Å². The Bertz CT molecular complexity index is 1140. The van der Waals surface area contributed by atoms with Crippen LogP contribution in [0.5, 0.6) is 0 Å². The maximum Gasteiger partial charge on any atom is 0.306 e. The molecular formula is C22H31N5O9. The first-order chi connectivity index (χ1) is 17.2. The molecule has 1 amide bonds. The average molecular weight is 510 g/mol. The quantitative estimate of drug-likeness (QED) is 0.257. The molecule has 1 saturated heterocycles. The number of ketones is 1. The van der Waals surface area contributed by atoms with Crippen LogP contribution < -0.4 is 10.9 Å². The fraction of sp³-hybridized carbons (Fsp3) is 0.636. The van der Waals surface area contributed by atoms with Crippen molar-refractivity contribution in [2.75, 3.05) is 32.2 Å². The number of aliphatic hydroxyl groups excluding tert-OH is 1. The third-order valence-electron chi connectivity index (χ3n) is 5.48. The first-order valence-electron chi connectivity index (χ1n) is 11.5. The summed E-state index contributed by atoms with van der Waals surface area (Å²) in [6, 6.07) is 0. The number of nitrogens with zero attached hydrogens (tertiary/aromatic N) is 3. The molecule has 0 bridgehead atoms. The number of esters is 1. The minimum atomic E-state index is -1.03. The summed E-state index contributed by atoms with van der Waals surface area (Å²) in [6.07, 6.45) is -2.75. The molecule has 3 heterocycles. The molecule has 36 heavy (non-hydrogen) atoms. The van der Waals surface area contributed by atoms with E-state index in [1.807, 2.05) is 0 Å². The lowest BCUT2D eigenvalue weighted by Gasteiger charge is -2.24. The Morgan fingerprint density at radius 2 is 2.00 bits per heavy atom. The number of hydrogen-bond acceptors (Lipinski definition) is 11. The molecule has 3 rings (SSSR count). The normalized spacial score (nSPS) is 21.7. The van der Waals surface area contributed by atoms with E-state index >= 15 is 0 Å². The third kappa shape index (κ3) is 6.32. The number of methoxy groups -OCH3 is 1. The standard InChI is InChI=1S/C22H31N5O9/c1-11(2)19(31)25-22-24-18-15(20(32)26-22)23-10-27(18)21-17(34-8-7-33-4)16(13(9-28)35-21)36-14(30)6-5-12(3)29/h10-11,13,16-17,21,28H,5-9H2,1-4H3,(H2,24,25,26,31,32)/t13-,16-,17-,21-/m1/s1. The highest BCUT2D eigenvalue weighted by atomic mass is 16.6. The first kappa shape index (κ1) is 27.4. The second kappa shape index (κ2) is 12.2. The highest BCUT2D eigenvalue weighted by Crippen LogP contribution is 2.35. The van der Waals surface area contributed by atoms with Crippen molar-refractivity contribution in [3.05, 3.63) is 16.7 Å². The van der Waals surface area contributed by atoms with Crippen LogP contribution >= 0.6 is 0 Å². The van der Waals surface area contributed by atoms with Gasteiger partial charge in [-0.15, -0.1) is 0 Å². The molecule has 2 aromatic heterocycles. The van der Waals surface area contributed by atoms with Crippen LogP contribution in [0.1, 0.15) is 39.8 Å². The zero-order chi connectivity index (χ0) is 26.4. The molecule has 3 N–H and O–H groups in total. The number of anilines is 1. The molecule has 1 fully saturated rings. The van der Waals surface area contributed by atoms with Gasteiger partial charge in [0.2, 0.25) is 11.9 Å². The lowest BCUT2D eigenvalue weighted by Crippen LogP contribution is -2.40. The van der Waals surface area contributed by atoms with Gasteiger partial charge in [0.25, 0.3) is 5.56 Å². The highest BCUT2D eigenvalue weighted by Gasteiger charge is 2.49. The maximum absolute atomic E-state index is 12.6. The maximum atomic E-state index is 12.6. The number of aromatic nitrogens is 4. The molecule has 1 aliphatic heterocycles. The number of carbonyl (C=O) groups is 3. The van der Waals surface area contributed by atoms with Crippen LogP contribution in [0.2, 0.25) is 0 Å². The molecular weight excluding hydrogens is 478 g/mol. The molecule has 14 nitrogen and oxygen atoms in total. The molecule has 0 radical (unpaired) electrons. The van der Waals surface area contributed by atoms with Crippen LogP contribution in [0, 0.1) is 5.92 Å². The largest absolute Gasteiger partial charge is 0.456 e. The molecule has 0 unspecified atom stereocenters. The molecule has 2 aromatic rings. The number of H-pyrrole nitrogens is 1. The third-order valence-corrected chi connectivity index (χ3v) is 5.48. The first-order valence-corrected chi connectivity index (χ1v) is 11.5. The Kier molecular flexibility index (Phi) is 9.25. The van der Waals surface area contributed by atoms with Crippen molar-refractivity contribution in [1.82, 2.24) is 19.5 Å².